The van der Waals surface area contributed by atoms with Gasteiger partial charge in [0.15, 0.2) is 0 Å². The first-order valence-electron chi connectivity index (χ1n) is 5.32. The molecule has 0 aliphatic rings. The quantitative estimate of drug-likeness (QED) is 0.622. The lowest BCUT2D eigenvalue weighted by atomic mass is 10.2. The number of carbonyl (C=O) groups is 1. The summed E-state index contributed by atoms with van der Waals surface area (Å²) >= 11 is 0. The lowest BCUT2D eigenvalue weighted by molar-refractivity contribution is 0.0659. The second-order valence-corrected chi connectivity index (χ2v) is 3.36. The van der Waals surface area contributed by atoms with Gasteiger partial charge in [0, 0.05) is 25.8 Å². The second-order valence-electron chi connectivity index (χ2n) is 3.36. The molecule has 0 bridgehead atoms. The third-order valence-corrected chi connectivity index (χ3v) is 2.11. The van der Waals surface area contributed by atoms with Crippen LogP contribution in [0.1, 0.15) is 16.1 Å². The van der Waals surface area contributed by atoms with E-state index in [1.165, 1.54) is 6.26 Å². The maximum absolute atomic E-state index is 10.7. The summed E-state index contributed by atoms with van der Waals surface area (Å²) in [6, 6.07) is 1.64. The number of ether oxygens (including phenoxy) is 2. The minimum Gasteiger partial charge on any atom is -0.475 e. The zero-order valence-corrected chi connectivity index (χ0v) is 9.77. The fourth-order valence-corrected chi connectivity index (χ4v) is 1.27. The largest absolute Gasteiger partial charge is 0.475 e. The number of nitrogens with one attached hydrogen (secondary N) is 1. The lowest BCUT2D eigenvalue weighted by Gasteiger charge is -2.05. The average Bonchev–Trinajstić information content (AvgIpc) is 2.76. The van der Waals surface area contributed by atoms with Gasteiger partial charge in [-0.25, -0.2) is 4.79 Å². The number of rotatable bonds is 9. The minimum absolute atomic E-state index is 0.0159. The fraction of sp³-hybridized carbons (Fsp3) is 0.545. The van der Waals surface area contributed by atoms with Crippen molar-refractivity contribution >= 4 is 5.97 Å². The molecule has 6 heteroatoms. The van der Waals surface area contributed by atoms with E-state index in [2.05, 4.69) is 5.32 Å². The monoisotopic (exact) mass is 243 g/mol. The van der Waals surface area contributed by atoms with E-state index in [4.69, 9.17) is 19.0 Å². The number of hydrogen-bond donors (Lipinski definition) is 2. The highest BCUT2D eigenvalue weighted by atomic mass is 16.5. The summed E-state index contributed by atoms with van der Waals surface area (Å²) in [6.07, 6.45) is 1.37. The molecule has 0 aliphatic heterocycles. The summed E-state index contributed by atoms with van der Waals surface area (Å²) in [5.74, 6) is -1.07. The molecule has 6 nitrogen and oxygen atoms in total. The highest BCUT2D eigenvalue weighted by Gasteiger charge is 2.12. The summed E-state index contributed by atoms with van der Waals surface area (Å²) < 4.78 is 14.9. The van der Waals surface area contributed by atoms with Gasteiger partial charge in [0.1, 0.15) is 0 Å². The van der Waals surface area contributed by atoms with Gasteiger partial charge in [0.05, 0.1) is 26.1 Å². The Kier molecular flexibility index (Phi) is 6.31. The number of carboxylic acid groups (broad SMARTS) is 1. The van der Waals surface area contributed by atoms with Crippen molar-refractivity contribution in [1.29, 1.82) is 0 Å². The first-order chi connectivity index (χ1) is 8.25. The van der Waals surface area contributed by atoms with E-state index in [1.807, 2.05) is 0 Å². The van der Waals surface area contributed by atoms with Crippen molar-refractivity contribution in [2.24, 2.45) is 0 Å². The maximum Gasteiger partial charge on any atom is 0.372 e. The lowest BCUT2D eigenvalue weighted by Crippen LogP contribution is -2.20. The third kappa shape index (κ3) is 4.99. The topological polar surface area (TPSA) is 80.9 Å². The number of carboxylic acids is 1. The molecule has 0 fully saturated rings. The Bertz CT molecular complexity index is 336. The summed E-state index contributed by atoms with van der Waals surface area (Å²) in [4.78, 5) is 10.7. The molecule has 1 heterocycles. The Morgan fingerprint density at radius 2 is 2.29 bits per heavy atom. The summed E-state index contributed by atoms with van der Waals surface area (Å²) in [5.41, 5.74) is 0.634. The van der Waals surface area contributed by atoms with E-state index in [0.29, 0.717) is 38.5 Å². The molecule has 0 radical (unpaired) electrons. The van der Waals surface area contributed by atoms with Gasteiger partial charge in [-0.3, -0.25) is 0 Å². The Morgan fingerprint density at radius 1 is 1.47 bits per heavy atom. The molecule has 1 aromatic heterocycles. The van der Waals surface area contributed by atoms with Crippen LogP contribution in [-0.4, -0.2) is 44.6 Å². The van der Waals surface area contributed by atoms with Crippen molar-refractivity contribution in [2.45, 2.75) is 6.54 Å². The first kappa shape index (κ1) is 13.7. The highest BCUT2D eigenvalue weighted by molar-refractivity contribution is 5.86. The zero-order valence-electron chi connectivity index (χ0n) is 9.77. The summed E-state index contributed by atoms with van der Waals surface area (Å²) in [6.45, 7) is 2.79. The van der Waals surface area contributed by atoms with E-state index in [9.17, 15) is 4.79 Å². The summed E-state index contributed by atoms with van der Waals surface area (Å²) in [5, 5.41) is 11.9. The molecule has 0 amide bonds. The molecular formula is C11H17NO5. The zero-order chi connectivity index (χ0) is 12.5. The van der Waals surface area contributed by atoms with Crippen LogP contribution in [0, 0.1) is 0 Å². The molecule has 96 valence electrons. The van der Waals surface area contributed by atoms with Crippen LogP contribution in [0.15, 0.2) is 16.7 Å². The first-order valence-corrected chi connectivity index (χ1v) is 5.32. The number of methoxy groups -OCH3 is 1. The molecule has 0 spiro atoms. The average molecular weight is 243 g/mol. The Morgan fingerprint density at radius 3 is 3.00 bits per heavy atom. The van der Waals surface area contributed by atoms with Crippen LogP contribution >= 0.6 is 0 Å². The maximum atomic E-state index is 10.7. The van der Waals surface area contributed by atoms with Crippen LogP contribution in [0.4, 0.5) is 0 Å². The molecular weight excluding hydrogens is 226 g/mol. The van der Waals surface area contributed by atoms with E-state index < -0.39 is 5.97 Å². The normalized spacial score (nSPS) is 10.6. The number of aromatic carboxylic acids is 1. The summed E-state index contributed by atoms with van der Waals surface area (Å²) in [7, 11) is 1.62. The molecule has 0 atom stereocenters. The molecule has 0 aromatic carbocycles. The van der Waals surface area contributed by atoms with Gasteiger partial charge < -0.3 is 24.3 Å². The molecule has 1 aromatic rings. The van der Waals surface area contributed by atoms with E-state index >= 15 is 0 Å². The van der Waals surface area contributed by atoms with Crippen molar-refractivity contribution in [3.05, 3.63) is 23.7 Å². The van der Waals surface area contributed by atoms with Gasteiger partial charge in [-0.15, -0.1) is 0 Å². The van der Waals surface area contributed by atoms with E-state index in [0.717, 1.165) is 0 Å². The van der Waals surface area contributed by atoms with Gasteiger partial charge in [0.2, 0.25) is 5.76 Å². The van der Waals surface area contributed by atoms with Gasteiger partial charge in [-0.05, 0) is 6.07 Å². The van der Waals surface area contributed by atoms with Crippen LogP contribution in [0.5, 0.6) is 0 Å². The van der Waals surface area contributed by atoms with Crippen molar-refractivity contribution in [1.82, 2.24) is 5.32 Å². The van der Waals surface area contributed by atoms with Crippen molar-refractivity contribution < 1.29 is 23.8 Å². The van der Waals surface area contributed by atoms with Crippen molar-refractivity contribution in [3.8, 4) is 0 Å². The fourth-order valence-electron chi connectivity index (χ4n) is 1.27. The SMILES string of the molecule is COCCOCCNCc1ccoc1C(=O)O. The molecule has 0 saturated heterocycles. The smallest absolute Gasteiger partial charge is 0.372 e. The molecule has 0 aliphatic carbocycles. The van der Waals surface area contributed by atoms with E-state index in [-0.39, 0.29) is 5.76 Å². The second kappa shape index (κ2) is 7.83. The van der Waals surface area contributed by atoms with Crippen LogP contribution in [0.2, 0.25) is 0 Å². The van der Waals surface area contributed by atoms with Crippen LogP contribution in [0.3, 0.4) is 0 Å². The van der Waals surface area contributed by atoms with Crippen LogP contribution in [-0.2, 0) is 16.0 Å². The van der Waals surface area contributed by atoms with Crippen LogP contribution in [0.25, 0.3) is 0 Å². The predicted molar refractivity (Wildman–Crippen MR) is 60.1 cm³/mol. The van der Waals surface area contributed by atoms with Gasteiger partial charge in [-0.2, -0.15) is 0 Å². The molecule has 0 saturated carbocycles. The molecule has 17 heavy (non-hydrogen) atoms. The van der Waals surface area contributed by atoms with Gasteiger partial charge in [0.25, 0.3) is 0 Å². The van der Waals surface area contributed by atoms with Gasteiger partial charge in [-0.1, -0.05) is 0 Å². The standard InChI is InChI=1S/C11H17NO5/c1-15-6-7-16-5-3-12-8-9-2-4-17-10(9)11(13)14/h2,4,12H,3,5-8H2,1H3,(H,13,14). The molecule has 1 rings (SSSR count). The van der Waals surface area contributed by atoms with Crippen LogP contribution < -0.4 is 5.32 Å². The Balaban J connectivity index is 2.14. The minimum atomic E-state index is -1.05. The predicted octanol–water partition coefficient (Wildman–Crippen LogP) is 0.730. The highest BCUT2D eigenvalue weighted by Crippen LogP contribution is 2.09. The third-order valence-electron chi connectivity index (χ3n) is 2.11. The number of furan rings is 1. The Labute approximate surface area is 99.5 Å². The Hall–Kier alpha value is -1.37. The van der Waals surface area contributed by atoms with Crippen molar-refractivity contribution in [2.75, 3.05) is 33.5 Å². The molecule has 2 N–H and O–H groups in total. The number of hydrogen-bond acceptors (Lipinski definition) is 5. The van der Waals surface area contributed by atoms with E-state index in [1.54, 1.807) is 13.2 Å². The molecule has 0 unspecified atom stereocenters. The van der Waals surface area contributed by atoms with Crippen molar-refractivity contribution in [3.63, 3.8) is 0 Å². The van der Waals surface area contributed by atoms with Gasteiger partial charge >= 0.3 is 5.97 Å².